The van der Waals surface area contributed by atoms with Crippen molar-refractivity contribution >= 4 is 61.0 Å². The fraction of sp³-hybridized carbons (Fsp3) is 0.308. The molecule has 3 aromatic rings. The van der Waals surface area contributed by atoms with Crippen molar-refractivity contribution in [3.63, 3.8) is 0 Å². The lowest BCUT2D eigenvalue weighted by Crippen LogP contribution is -2.26. The van der Waals surface area contributed by atoms with Gasteiger partial charge in [-0.25, -0.2) is 0 Å². The molecule has 0 fully saturated rings. The van der Waals surface area contributed by atoms with Crippen LogP contribution in [0.5, 0.6) is 0 Å². The molecule has 0 spiro atoms. The topological polar surface area (TPSA) is 71.2 Å². The quantitative estimate of drug-likeness (QED) is 0.629. The highest BCUT2D eigenvalue weighted by molar-refractivity contribution is 7.25. The van der Waals surface area contributed by atoms with Crippen molar-refractivity contribution in [3.8, 4) is 0 Å². The molecule has 3 aromatic heterocycles. The molecule has 0 aliphatic heterocycles. The van der Waals surface area contributed by atoms with Crippen LogP contribution >= 0.6 is 45.8 Å². The van der Waals surface area contributed by atoms with Crippen LogP contribution in [0.3, 0.4) is 0 Å². The number of aliphatic hydroxyl groups is 1. The number of halogens is 1. The second kappa shape index (κ2) is 6.60. The predicted molar refractivity (Wildman–Crippen MR) is 92.9 cm³/mol. The molecular weight excluding hydrogens is 346 g/mol. The lowest BCUT2D eigenvalue weighted by atomic mass is 10.2. The van der Waals surface area contributed by atoms with Gasteiger partial charge in [0.1, 0.15) is 10.5 Å². The maximum Gasteiger partial charge on any atom is 0.127 e. The van der Waals surface area contributed by atoms with Crippen LogP contribution in [0.1, 0.15) is 9.75 Å². The van der Waals surface area contributed by atoms with Gasteiger partial charge in [0.2, 0.25) is 0 Å². The van der Waals surface area contributed by atoms with Gasteiger partial charge in [-0.05, 0) is 23.0 Å². The van der Waals surface area contributed by atoms with Crippen molar-refractivity contribution in [1.82, 2.24) is 4.37 Å². The lowest BCUT2D eigenvalue weighted by Gasteiger charge is -2.05. The number of nitrogens with one attached hydrogen (secondary N) is 1. The smallest absolute Gasteiger partial charge is 0.127 e. The van der Waals surface area contributed by atoms with E-state index in [4.69, 9.17) is 22.4 Å². The molecule has 0 aliphatic carbocycles. The Balaban J connectivity index is 1.82. The van der Waals surface area contributed by atoms with E-state index < -0.39 is 0 Å². The van der Waals surface area contributed by atoms with Crippen LogP contribution < -0.4 is 11.1 Å². The van der Waals surface area contributed by atoms with E-state index >= 15 is 0 Å². The molecule has 0 saturated heterocycles. The van der Waals surface area contributed by atoms with E-state index in [9.17, 15) is 0 Å². The zero-order chi connectivity index (χ0) is 14.8. The summed E-state index contributed by atoms with van der Waals surface area (Å²) < 4.78 is 5.50. The standard InChI is InChI=1S/C13H14ClN3OS3/c14-10-9(4-7(15)6-18)20-12-11(10)17-21-13(12)16-5-8-2-1-3-19-8/h1-3,7,16,18H,4-6,15H2/t7-/m1/s1. The SMILES string of the molecule is N[C@@H](CO)Cc1sc2c(NCc3cccs3)snc2c1Cl. The van der Waals surface area contributed by atoms with E-state index in [1.165, 1.54) is 16.4 Å². The van der Waals surface area contributed by atoms with Crippen LogP contribution in [-0.2, 0) is 13.0 Å². The third kappa shape index (κ3) is 3.23. The third-order valence-electron chi connectivity index (χ3n) is 3.01. The van der Waals surface area contributed by atoms with E-state index in [0.29, 0.717) is 11.4 Å². The summed E-state index contributed by atoms with van der Waals surface area (Å²) >= 11 is 11.1. The minimum Gasteiger partial charge on any atom is -0.395 e. The number of hydrogen-bond donors (Lipinski definition) is 3. The number of thiophene rings is 2. The second-order valence-corrected chi connectivity index (χ2v) is 7.90. The monoisotopic (exact) mass is 359 g/mol. The minimum atomic E-state index is -0.281. The number of aromatic nitrogens is 1. The van der Waals surface area contributed by atoms with Gasteiger partial charge in [0.05, 0.1) is 22.9 Å². The van der Waals surface area contributed by atoms with Gasteiger partial charge in [-0.1, -0.05) is 17.7 Å². The number of nitrogens with zero attached hydrogens (tertiary/aromatic N) is 1. The number of anilines is 1. The van der Waals surface area contributed by atoms with E-state index in [1.807, 2.05) is 6.07 Å². The van der Waals surface area contributed by atoms with Crippen LogP contribution in [0.2, 0.25) is 5.02 Å². The first kappa shape index (κ1) is 15.2. The summed E-state index contributed by atoms with van der Waals surface area (Å²) in [5.41, 5.74) is 6.63. The average molecular weight is 360 g/mol. The van der Waals surface area contributed by atoms with Crippen LogP contribution in [0, 0.1) is 0 Å². The second-order valence-electron chi connectivity index (χ2n) is 4.61. The Bertz CT molecular complexity index is 723. The van der Waals surface area contributed by atoms with Crippen molar-refractivity contribution in [2.75, 3.05) is 11.9 Å². The van der Waals surface area contributed by atoms with E-state index in [-0.39, 0.29) is 12.6 Å². The Hall–Kier alpha value is -0.700. The third-order valence-corrected chi connectivity index (χ3v) is 6.56. The lowest BCUT2D eigenvalue weighted by molar-refractivity contribution is 0.266. The van der Waals surface area contributed by atoms with Crippen molar-refractivity contribution in [1.29, 1.82) is 0 Å². The van der Waals surface area contributed by atoms with Gasteiger partial charge in [-0.3, -0.25) is 0 Å². The van der Waals surface area contributed by atoms with Crippen molar-refractivity contribution in [3.05, 3.63) is 32.3 Å². The van der Waals surface area contributed by atoms with Crippen molar-refractivity contribution in [2.24, 2.45) is 5.73 Å². The summed E-state index contributed by atoms with van der Waals surface area (Å²) in [5.74, 6) is 0. The molecule has 0 aromatic carbocycles. The number of rotatable bonds is 6. The van der Waals surface area contributed by atoms with Crippen LogP contribution in [0.4, 0.5) is 5.00 Å². The van der Waals surface area contributed by atoms with Crippen LogP contribution in [0.15, 0.2) is 17.5 Å². The fourth-order valence-corrected chi connectivity index (χ4v) is 5.14. The average Bonchev–Trinajstić information content (AvgIpc) is 3.17. The van der Waals surface area contributed by atoms with Crippen LogP contribution in [0.25, 0.3) is 10.2 Å². The first-order valence-electron chi connectivity index (χ1n) is 6.38. The summed E-state index contributed by atoms with van der Waals surface area (Å²) in [5, 5.41) is 16.3. The molecule has 0 bridgehead atoms. The number of nitrogens with two attached hydrogens (primary N) is 1. The molecule has 0 saturated carbocycles. The molecule has 21 heavy (non-hydrogen) atoms. The zero-order valence-electron chi connectivity index (χ0n) is 11.0. The first-order chi connectivity index (χ1) is 10.2. The molecule has 3 rings (SSSR count). The Morgan fingerprint density at radius 2 is 2.33 bits per heavy atom. The Morgan fingerprint density at radius 1 is 1.48 bits per heavy atom. The minimum absolute atomic E-state index is 0.0437. The largest absolute Gasteiger partial charge is 0.395 e. The van der Waals surface area contributed by atoms with Crippen molar-refractivity contribution in [2.45, 2.75) is 19.0 Å². The molecule has 0 amide bonds. The van der Waals surface area contributed by atoms with Crippen molar-refractivity contribution < 1.29 is 5.11 Å². The highest BCUT2D eigenvalue weighted by atomic mass is 35.5. The molecule has 0 aliphatic rings. The van der Waals surface area contributed by atoms with E-state index in [0.717, 1.165) is 26.6 Å². The maximum absolute atomic E-state index is 9.07. The van der Waals surface area contributed by atoms with Gasteiger partial charge in [0.25, 0.3) is 0 Å². The van der Waals surface area contributed by atoms with Gasteiger partial charge in [-0.2, -0.15) is 4.37 Å². The summed E-state index contributed by atoms with van der Waals surface area (Å²) in [6, 6.07) is 3.86. The molecule has 112 valence electrons. The summed E-state index contributed by atoms with van der Waals surface area (Å²) in [4.78, 5) is 2.27. The summed E-state index contributed by atoms with van der Waals surface area (Å²) in [6.07, 6.45) is 0.575. The molecule has 0 unspecified atom stereocenters. The molecule has 8 heteroatoms. The molecule has 4 nitrogen and oxygen atoms in total. The Labute approximate surface area is 139 Å². The van der Waals surface area contributed by atoms with Gasteiger partial charge in [0, 0.05) is 22.2 Å². The normalized spacial score (nSPS) is 12.9. The maximum atomic E-state index is 9.07. The van der Waals surface area contributed by atoms with Gasteiger partial charge < -0.3 is 16.2 Å². The highest BCUT2D eigenvalue weighted by Gasteiger charge is 2.18. The molecule has 3 heterocycles. The molecule has 4 N–H and O–H groups in total. The van der Waals surface area contributed by atoms with Gasteiger partial charge in [-0.15, -0.1) is 22.7 Å². The highest BCUT2D eigenvalue weighted by Crippen LogP contribution is 2.41. The van der Waals surface area contributed by atoms with Gasteiger partial charge in [0.15, 0.2) is 0 Å². The van der Waals surface area contributed by atoms with Gasteiger partial charge >= 0.3 is 0 Å². The number of aliphatic hydroxyl groups excluding tert-OH is 1. The summed E-state index contributed by atoms with van der Waals surface area (Å²) in [6.45, 7) is 0.744. The Morgan fingerprint density at radius 3 is 3.05 bits per heavy atom. The van der Waals surface area contributed by atoms with Crippen LogP contribution in [-0.4, -0.2) is 22.1 Å². The zero-order valence-corrected chi connectivity index (χ0v) is 14.2. The molecule has 0 radical (unpaired) electrons. The first-order valence-corrected chi connectivity index (χ1v) is 9.23. The number of fused-ring (bicyclic) bond motifs is 1. The Kier molecular flexibility index (Phi) is 4.78. The van der Waals surface area contributed by atoms with E-state index in [1.54, 1.807) is 22.7 Å². The fourth-order valence-electron chi connectivity index (χ4n) is 1.94. The molecule has 1 atom stereocenters. The predicted octanol–water partition coefficient (Wildman–Crippen LogP) is 3.55. The van der Waals surface area contributed by atoms with E-state index in [2.05, 4.69) is 21.1 Å². The summed E-state index contributed by atoms with van der Waals surface area (Å²) in [7, 11) is 0. The number of hydrogen-bond acceptors (Lipinski definition) is 7. The molecular formula is C13H14ClN3OS3.